The zero-order valence-electron chi connectivity index (χ0n) is 12.1. The largest absolute Gasteiger partial charge is 0.327 e. The van der Waals surface area contributed by atoms with E-state index in [9.17, 15) is 18.5 Å². The molecular formula is C13H20N2O4S. The van der Waals surface area contributed by atoms with Crippen LogP contribution in [0.4, 0.5) is 5.69 Å². The topological polar surface area (TPSA) is 103 Å². The Morgan fingerprint density at radius 1 is 1.35 bits per heavy atom. The summed E-state index contributed by atoms with van der Waals surface area (Å²) in [6, 6.07) is 3.69. The monoisotopic (exact) mass is 300 g/mol. The van der Waals surface area contributed by atoms with Gasteiger partial charge >= 0.3 is 0 Å². The van der Waals surface area contributed by atoms with E-state index >= 15 is 0 Å². The smallest absolute Gasteiger partial charge is 0.273 e. The van der Waals surface area contributed by atoms with Gasteiger partial charge in [0.05, 0.1) is 9.82 Å². The Labute approximate surface area is 119 Å². The fourth-order valence-electron chi connectivity index (χ4n) is 1.66. The molecule has 7 heteroatoms. The number of rotatable bonds is 4. The van der Waals surface area contributed by atoms with Crippen LogP contribution in [0.2, 0.25) is 0 Å². The highest BCUT2D eigenvalue weighted by atomic mass is 32.2. The molecule has 0 saturated heterocycles. The van der Waals surface area contributed by atoms with Gasteiger partial charge in [0.2, 0.25) is 0 Å². The van der Waals surface area contributed by atoms with Crippen LogP contribution in [-0.4, -0.2) is 25.6 Å². The van der Waals surface area contributed by atoms with E-state index in [1.54, 1.807) is 0 Å². The molecule has 0 heterocycles. The van der Waals surface area contributed by atoms with Gasteiger partial charge in [-0.1, -0.05) is 26.8 Å². The summed E-state index contributed by atoms with van der Waals surface area (Å²) in [5.74, 6) is 0. The zero-order valence-corrected chi connectivity index (χ0v) is 12.9. The SMILES string of the molecule is CC(C)(C)C(N)Cc1ccc(S(C)(=O)=O)cc1[N+](=O)[O-]. The Morgan fingerprint density at radius 3 is 2.30 bits per heavy atom. The molecule has 20 heavy (non-hydrogen) atoms. The van der Waals surface area contributed by atoms with Crippen molar-refractivity contribution in [1.82, 2.24) is 0 Å². The van der Waals surface area contributed by atoms with Crippen molar-refractivity contribution in [3.05, 3.63) is 33.9 Å². The highest BCUT2D eigenvalue weighted by Gasteiger charge is 2.25. The van der Waals surface area contributed by atoms with E-state index in [0.717, 1.165) is 12.3 Å². The number of nitrogens with zero attached hydrogens (tertiary/aromatic N) is 1. The molecular weight excluding hydrogens is 280 g/mol. The predicted molar refractivity (Wildman–Crippen MR) is 77.3 cm³/mol. The molecule has 0 spiro atoms. The molecule has 0 aromatic heterocycles. The highest BCUT2D eigenvalue weighted by Crippen LogP contribution is 2.27. The highest BCUT2D eigenvalue weighted by molar-refractivity contribution is 7.90. The van der Waals surface area contributed by atoms with Crippen molar-refractivity contribution in [3.8, 4) is 0 Å². The van der Waals surface area contributed by atoms with Crippen LogP contribution < -0.4 is 5.73 Å². The number of hydrogen-bond acceptors (Lipinski definition) is 5. The third-order valence-electron chi connectivity index (χ3n) is 3.23. The van der Waals surface area contributed by atoms with Crippen molar-refractivity contribution in [2.24, 2.45) is 11.1 Å². The van der Waals surface area contributed by atoms with Gasteiger partial charge in [-0.15, -0.1) is 0 Å². The summed E-state index contributed by atoms with van der Waals surface area (Å²) in [6.45, 7) is 5.86. The molecule has 0 bridgehead atoms. The average Bonchev–Trinajstić information content (AvgIpc) is 2.26. The zero-order chi connectivity index (χ0) is 15.7. The van der Waals surface area contributed by atoms with Crippen molar-refractivity contribution < 1.29 is 13.3 Å². The summed E-state index contributed by atoms with van der Waals surface area (Å²) >= 11 is 0. The van der Waals surface area contributed by atoms with Crippen LogP contribution in [0.15, 0.2) is 23.1 Å². The van der Waals surface area contributed by atoms with Crippen LogP contribution in [0.1, 0.15) is 26.3 Å². The maximum atomic E-state index is 11.5. The molecule has 2 N–H and O–H groups in total. The van der Waals surface area contributed by atoms with Gasteiger partial charge in [0.25, 0.3) is 5.69 Å². The van der Waals surface area contributed by atoms with E-state index in [1.165, 1.54) is 12.1 Å². The Kier molecular flexibility index (Phi) is 4.55. The van der Waals surface area contributed by atoms with Crippen molar-refractivity contribution in [3.63, 3.8) is 0 Å². The van der Waals surface area contributed by atoms with E-state index in [0.29, 0.717) is 12.0 Å². The lowest BCUT2D eigenvalue weighted by atomic mass is 9.83. The minimum absolute atomic E-state index is 0.0581. The van der Waals surface area contributed by atoms with Crippen LogP contribution in [0.5, 0.6) is 0 Å². The van der Waals surface area contributed by atoms with E-state index in [-0.39, 0.29) is 22.0 Å². The second-order valence-corrected chi connectivity index (χ2v) is 8.01. The molecule has 1 atom stereocenters. The van der Waals surface area contributed by atoms with Gasteiger partial charge in [-0.3, -0.25) is 10.1 Å². The van der Waals surface area contributed by atoms with Gasteiger partial charge in [-0.25, -0.2) is 8.42 Å². The van der Waals surface area contributed by atoms with E-state index in [1.807, 2.05) is 20.8 Å². The van der Waals surface area contributed by atoms with Crippen molar-refractivity contribution in [2.75, 3.05) is 6.26 Å². The Hall–Kier alpha value is -1.47. The minimum atomic E-state index is -3.47. The van der Waals surface area contributed by atoms with Gasteiger partial charge in [-0.05, 0) is 17.9 Å². The molecule has 0 radical (unpaired) electrons. The van der Waals surface area contributed by atoms with Gasteiger partial charge in [0, 0.05) is 23.9 Å². The second-order valence-electron chi connectivity index (χ2n) is 6.00. The molecule has 1 aromatic rings. The van der Waals surface area contributed by atoms with Gasteiger partial charge in [0.1, 0.15) is 0 Å². The van der Waals surface area contributed by atoms with Crippen molar-refractivity contribution in [2.45, 2.75) is 38.1 Å². The van der Waals surface area contributed by atoms with Gasteiger partial charge in [0.15, 0.2) is 9.84 Å². The fourth-order valence-corrected chi connectivity index (χ4v) is 2.30. The van der Waals surface area contributed by atoms with Crippen LogP contribution in [-0.2, 0) is 16.3 Å². The van der Waals surface area contributed by atoms with Gasteiger partial charge in [-0.2, -0.15) is 0 Å². The molecule has 0 fully saturated rings. The Balaban J connectivity index is 3.25. The van der Waals surface area contributed by atoms with Crippen LogP contribution in [0, 0.1) is 15.5 Å². The summed E-state index contributed by atoms with van der Waals surface area (Å²) in [5, 5.41) is 11.1. The first-order valence-corrected chi connectivity index (χ1v) is 8.05. The number of nitro benzene ring substituents is 1. The van der Waals surface area contributed by atoms with E-state index in [2.05, 4.69) is 0 Å². The number of sulfone groups is 1. The maximum absolute atomic E-state index is 11.5. The third-order valence-corrected chi connectivity index (χ3v) is 4.34. The molecule has 0 aliphatic rings. The Morgan fingerprint density at radius 2 is 1.90 bits per heavy atom. The van der Waals surface area contributed by atoms with Crippen molar-refractivity contribution >= 4 is 15.5 Å². The first-order chi connectivity index (χ1) is 8.93. The molecule has 1 unspecified atom stereocenters. The van der Waals surface area contributed by atoms with Crippen LogP contribution >= 0.6 is 0 Å². The molecule has 6 nitrogen and oxygen atoms in total. The lowest BCUT2D eigenvalue weighted by molar-refractivity contribution is -0.385. The molecule has 1 rings (SSSR count). The van der Waals surface area contributed by atoms with Crippen LogP contribution in [0.3, 0.4) is 0 Å². The normalized spacial score (nSPS) is 14.1. The standard InChI is InChI=1S/C13H20N2O4S/c1-13(2,3)12(14)7-9-5-6-10(20(4,18)19)8-11(9)15(16)17/h5-6,8,12H,7,14H2,1-4H3. The molecule has 1 aromatic carbocycles. The summed E-state index contributed by atoms with van der Waals surface area (Å²) in [7, 11) is -3.47. The quantitative estimate of drug-likeness (QED) is 0.675. The van der Waals surface area contributed by atoms with E-state index in [4.69, 9.17) is 5.73 Å². The molecule has 0 aliphatic carbocycles. The molecule has 112 valence electrons. The van der Waals surface area contributed by atoms with E-state index < -0.39 is 14.8 Å². The maximum Gasteiger partial charge on any atom is 0.273 e. The number of hydrogen-bond donors (Lipinski definition) is 1. The molecule has 0 aliphatic heterocycles. The lowest BCUT2D eigenvalue weighted by Gasteiger charge is -2.27. The minimum Gasteiger partial charge on any atom is -0.327 e. The first kappa shape index (κ1) is 16.6. The lowest BCUT2D eigenvalue weighted by Crippen LogP contribution is -2.37. The fraction of sp³-hybridized carbons (Fsp3) is 0.538. The predicted octanol–water partition coefficient (Wildman–Crippen LogP) is 1.91. The third kappa shape index (κ3) is 4.01. The van der Waals surface area contributed by atoms with Gasteiger partial charge < -0.3 is 5.73 Å². The van der Waals surface area contributed by atoms with Crippen LogP contribution in [0.25, 0.3) is 0 Å². The Bertz CT molecular complexity index is 618. The summed E-state index contributed by atoms with van der Waals surface area (Å²) < 4.78 is 22.9. The average molecular weight is 300 g/mol. The first-order valence-electron chi connectivity index (χ1n) is 6.16. The number of benzene rings is 1. The number of nitrogens with two attached hydrogens (primary N) is 1. The number of nitro groups is 1. The molecule has 0 saturated carbocycles. The summed E-state index contributed by atoms with van der Waals surface area (Å²) in [6.07, 6.45) is 1.34. The second kappa shape index (κ2) is 5.49. The molecule has 0 amide bonds. The summed E-state index contributed by atoms with van der Waals surface area (Å²) in [4.78, 5) is 10.5. The van der Waals surface area contributed by atoms with Crippen molar-refractivity contribution in [1.29, 1.82) is 0 Å². The summed E-state index contributed by atoms with van der Waals surface area (Å²) in [5.41, 5.74) is 6.09.